The van der Waals surface area contributed by atoms with Gasteiger partial charge in [-0.05, 0) is 42.0 Å². The zero-order valence-electron chi connectivity index (χ0n) is 15.4. The highest BCUT2D eigenvalue weighted by molar-refractivity contribution is 7.99. The fourth-order valence-corrected chi connectivity index (χ4v) is 3.53. The van der Waals surface area contributed by atoms with Crippen molar-refractivity contribution >= 4 is 35.0 Å². The topological polar surface area (TPSA) is 64.9 Å². The Morgan fingerprint density at radius 3 is 2.41 bits per heavy atom. The van der Waals surface area contributed by atoms with E-state index in [4.69, 9.17) is 11.6 Å². The van der Waals surface area contributed by atoms with Crippen LogP contribution in [0.15, 0.2) is 100 Å². The first kappa shape index (κ1) is 20.5. The minimum Gasteiger partial charge on any atom is -0.359 e. The van der Waals surface area contributed by atoms with Gasteiger partial charge in [-0.25, -0.2) is 0 Å². The first-order chi connectivity index (χ1) is 14.2. The van der Waals surface area contributed by atoms with E-state index in [9.17, 15) is 10.1 Å². The lowest BCUT2D eigenvalue weighted by atomic mass is 10.2. The molecule has 3 rings (SSSR count). The van der Waals surface area contributed by atoms with Crippen LogP contribution in [0.1, 0.15) is 5.56 Å². The van der Waals surface area contributed by atoms with Gasteiger partial charge >= 0.3 is 0 Å². The van der Waals surface area contributed by atoms with E-state index in [1.807, 2.05) is 72.8 Å². The lowest BCUT2D eigenvalue weighted by Crippen LogP contribution is -2.24. The fourth-order valence-electron chi connectivity index (χ4n) is 2.47. The number of para-hydroxylation sites is 1. The molecule has 0 radical (unpaired) electrons. The number of rotatable bonds is 7. The van der Waals surface area contributed by atoms with Crippen molar-refractivity contribution in [3.8, 4) is 6.07 Å². The van der Waals surface area contributed by atoms with Crippen molar-refractivity contribution in [2.24, 2.45) is 0 Å². The summed E-state index contributed by atoms with van der Waals surface area (Å²) in [6, 6.07) is 26.9. The quantitative estimate of drug-likeness (QED) is 0.385. The number of hydrogen-bond acceptors (Lipinski definition) is 4. The standard InChI is InChI=1S/C23H18ClN3OS/c24-19-12-10-17(11-13-19)15-27-23(28)18(14-25)16-26-21-8-4-5-9-22(21)29-20-6-2-1-3-7-20/h1-13,16,26H,15H2,(H,27,28)/b18-16-. The SMILES string of the molecule is N#C/C(=C/Nc1ccccc1Sc1ccccc1)C(=O)NCc1ccc(Cl)cc1. The first-order valence-electron chi connectivity index (χ1n) is 8.87. The maximum absolute atomic E-state index is 12.3. The summed E-state index contributed by atoms with van der Waals surface area (Å²) in [6.45, 7) is 0.315. The van der Waals surface area contributed by atoms with Crippen molar-refractivity contribution in [2.75, 3.05) is 5.32 Å². The van der Waals surface area contributed by atoms with E-state index in [1.165, 1.54) is 6.20 Å². The molecule has 4 nitrogen and oxygen atoms in total. The number of amides is 1. The summed E-state index contributed by atoms with van der Waals surface area (Å²) in [7, 11) is 0. The Labute approximate surface area is 179 Å². The number of nitrogens with one attached hydrogen (secondary N) is 2. The van der Waals surface area contributed by atoms with Gasteiger partial charge in [-0.15, -0.1) is 0 Å². The van der Waals surface area contributed by atoms with Crippen LogP contribution in [0.5, 0.6) is 0 Å². The van der Waals surface area contributed by atoms with Crippen LogP contribution in [0.2, 0.25) is 5.02 Å². The smallest absolute Gasteiger partial charge is 0.263 e. The van der Waals surface area contributed by atoms with Crippen molar-refractivity contribution in [3.63, 3.8) is 0 Å². The molecule has 29 heavy (non-hydrogen) atoms. The second-order valence-electron chi connectivity index (χ2n) is 6.03. The number of halogens is 1. The van der Waals surface area contributed by atoms with Crippen LogP contribution in [0.25, 0.3) is 0 Å². The Bertz CT molecular complexity index is 1040. The van der Waals surface area contributed by atoms with Gasteiger partial charge in [0, 0.05) is 27.6 Å². The van der Waals surface area contributed by atoms with Gasteiger partial charge in [-0.2, -0.15) is 5.26 Å². The molecular formula is C23H18ClN3OS. The third-order valence-electron chi connectivity index (χ3n) is 3.96. The van der Waals surface area contributed by atoms with Gasteiger partial charge in [0.1, 0.15) is 11.6 Å². The van der Waals surface area contributed by atoms with Gasteiger partial charge in [0.15, 0.2) is 0 Å². The number of anilines is 1. The summed E-state index contributed by atoms with van der Waals surface area (Å²) >= 11 is 7.47. The van der Waals surface area contributed by atoms with Gasteiger partial charge in [-0.1, -0.05) is 65.8 Å². The van der Waals surface area contributed by atoms with Crippen LogP contribution in [0.3, 0.4) is 0 Å². The number of hydrogen-bond donors (Lipinski definition) is 2. The summed E-state index contributed by atoms with van der Waals surface area (Å²) in [5.74, 6) is -0.442. The Balaban J connectivity index is 1.66. The third-order valence-corrected chi connectivity index (χ3v) is 5.30. The van der Waals surface area contributed by atoms with E-state index < -0.39 is 5.91 Å². The molecule has 3 aromatic carbocycles. The predicted molar refractivity (Wildman–Crippen MR) is 118 cm³/mol. The molecule has 0 unspecified atom stereocenters. The molecule has 0 aliphatic heterocycles. The molecule has 6 heteroatoms. The molecule has 0 heterocycles. The third kappa shape index (κ3) is 6.15. The average Bonchev–Trinajstić information content (AvgIpc) is 2.75. The molecule has 0 bridgehead atoms. The molecule has 1 amide bonds. The maximum atomic E-state index is 12.3. The molecule has 0 spiro atoms. The van der Waals surface area contributed by atoms with Gasteiger partial charge < -0.3 is 10.6 Å². The van der Waals surface area contributed by atoms with Crippen LogP contribution in [-0.2, 0) is 11.3 Å². The zero-order valence-corrected chi connectivity index (χ0v) is 17.0. The minimum atomic E-state index is -0.442. The Morgan fingerprint density at radius 1 is 1.00 bits per heavy atom. The van der Waals surface area contributed by atoms with Gasteiger partial charge in [0.25, 0.3) is 5.91 Å². The predicted octanol–water partition coefficient (Wildman–Crippen LogP) is 5.63. The highest BCUT2D eigenvalue weighted by Gasteiger charge is 2.09. The molecule has 3 aromatic rings. The number of carbonyl (C=O) groups is 1. The first-order valence-corrected chi connectivity index (χ1v) is 10.1. The van der Waals surface area contributed by atoms with Gasteiger partial charge in [-0.3, -0.25) is 4.79 Å². The van der Waals surface area contributed by atoms with Gasteiger partial charge in [0.2, 0.25) is 0 Å². The van der Waals surface area contributed by atoms with E-state index in [-0.39, 0.29) is 5.57 Å². The largest absolute Gasteiger partial charge is 0.359 e. The van der Waals surface area contributed by atoms with Crippen LogP contribution in [0, 0.1) is 11.3 Å². The minimum absolute atomic E-state index is 0.00141. The van der Waals surface area contributed by atoms with E-state index in [2.05, 4.69) is 10.6 Å². The van der Waals surface area contributed by atoms with Crippen LogP contribution in [0.4, 0.5) is 5.69 Å². The molecule has 0 aliphatic rings. The second kappa shape index (κ2) is 10.4. The second-order valence-corrected chi connectivity index (χ2v) is 7.59. The summed E-state index contributed by atoms with van der Waals surface area (Å²) in [5, 5.41) is 15.8. The number of nitrogens with zero attached hydrogens (tertiary/aromatic N) is 1. The van der Waals surface area contributed by atoms with E-state index in [1.54, 1.807) is 23.9 Å². The van der Waals surface area contributed by atoms with Crippen molar-refractivity contribution in [3.05, 3.63) is 101 Å². The van der Waals surface area contributed by atoms with Crippen molar-refractivity contribution in [1.82, 2.24) is 5.32 Å². The summed E-state index contributed by atoms with van der Waals surface area (Å²) in [6.07, 6.45) is 1.43. The Kier molecular flexibility index (Phi) is 7.34. The lowest BCUT2D eigenvalue weighted by molar-refractivity contribution is -0.117. The molecule has 2 N–H and O–H groups in total. The van der Waals surface area contributed by atoms with Crippen molar-refractivity contribution in [1.29, 1.82) is 5.26 Å². The normalized spacial score (nSPS) is 10.8. The monoisotopic (exact) mass is 419 g/mol. The molecule has 0 saturated carbocycles. The number of benzene rings is 3. The van der Waals surface area contributed by atoms with Crippen molar-refractivity contribution in [2.45, 2.75) is 16.3 Å². The molecule has 0 saturated heterocycles. The Hall–Kier alpha value is -3.20. The molecular weight excluding hydrogens is 402 g/mol. The molecule has 0 aliphatic carbocycles. The van der Waals surface area contributed by atoms with Crippen LogP contribution in [-0.4, -0.2) is 5.91 Å². The highest BCUT2D eigenvalue weighted by Crippen LogP contribution is 2.33. The van der Waals surface area contributed by atoms with E-state index in [0.29, 0.717) is 11.6 Å². The maximum Gasteiger partial charge on any atom is 0.263 e. The van der Waals surface area contributed by atoms with Crippen molar-refractivity contribution < 1.29 is 4.79 Å². The van der Waals surface area contributed by atoms with Crippen LogP contribution >= 0.6 is 23.4 Å². The summed E-state index contributed by atoms with van der Waals surface area (Å²) in [5.41, 5.74) is 1.72. The van der Waals surface area contributed by atoms with E-state index >= 15 is 0 Å². The number of carbonyl (C=O) groups excluding carboxylic acids is 1. The van der Waals surface area contributed by atoms with Crippen LogP contribution < -0.4 is 10.6 Å². The average molecular weight is 420 g/mol. The fraction of sp³-hybridized carbons (Fsp3) is 0.0435. The Morgan fingerprint density at radius 2 is 1.69 bits per heavy atom. The highest BCUT2D eigenvalue weighted by atomic mass is 35.5. The zero-order chi connectivity index (χ0) is 20.5. The number of nitriles is 1. The lowest BCUT2D eigenvalue weighted by Gasteiger charge is -2.10. The molecule has 0 fully saturated rings. The van der Waals surface area contributed by atoms with Gasteiger partial charge in [0.05, 0.1) is 5.69 Å². The molecule has 0 atom stereocenters. The molecule has 144 valence electrons. The summed E-state index contributed by atoms with van der Waals surface area (Å²) < 4.78 is 0. The summed E-state index contributed by atoms with van der Waals surface area (Å²) in [4.78, 5) is 14.4. The molecule has 0 aromatic heterocycles. The van der Waals surface area contributed by atoms with E-state index in [0.717, 1.165) is 21.0 Å².